The maximum absolute atomic E-state index is 13.8. The van der Waals surface area contributed by atoms with Crippen LogP contribution in [0.25, 0.3) is 0 Å². The standard InChI is InChI=1S/C27H29Cl2N3O4S/c1-4-30-27(34)20(3)31(17-23-24(28)11-8-12-25(23)29)26(33)18-32(21-15-13-19(2)14-16-21)37(35,36)22-9-6-5-7-10-22/h5-16,20H,4,17-18H2,1-3H3,(H,30,34). The summed E-state index contributed by atoms with van der Waals surface area (Å²) in [6.07, 6.45) is 0. The summed E-state index contributed by atoms with van der Waals surface area (Å²) in [7, 11) is -4.11. The van der Waals surface area contributed by atoms with E-state index in [0.717, 1.165) is 9.87 Å². The summed E-state index contributed by atoms with van der Waals surface area (Å²) in [4.78, 5) is 27.9. The Labute approximate surface area is 228 Å². The number of hydrogen-bond acceptors (Lipinski definition) is 4. The van der Waals surface area contributed by atoms with Gasteiger partial charge in [0.15, 0.2) is 0 Å². The summed E-state index contributed by atoms with van der Waals surface area (Å²) in [6.45, 7) is 4.99. The number of nitrogens with zero attached hydrogens (tertiary/aromatic N) is 2. The van der Waals surface area contributed by atoms with Crippen LogP contribution < -0.4 is 9.62 Å². The van der Waals surface area contributed by atoms with Crippen molar-refractivity contribution in [1.29, 1.82) is 0 Å². The maximum atomic E-state index is 13.8. The molecule has 0 saturated carbocycles. The molecule has 7 nitrogen and oxygen atoms in total. The van der Waals surface area contributed by atoms with Crippen molar-refractivity contribution >= 4 is 50.7 Å². The van der Waals surface area contributed by atoms with E-state index in [2.05, 4.69) is 5.32 Å². The van der Waals surface area contributed by atoms with E-state index >= 15 is 0 Å². The Morgan fingerprint density at radius 3 is 2.08 bits per heavy atom. The average molecular weight is 563 g/mol. The van der Waals surface area contributed by atoms with Gasteiger partial charge in [0.05, 0.1) is 10.6 Å². The summed E-state index contributed by atoms with van der Waals surface area (Å²) in [5.41, 5.74) is 1.72. The number of likely N-dealkylation sites (N-methyl/N-ethyl adjacent to an activating group) is 1. The Balaban J connectivity index is 2.05. The van der Waals surface area contributed by atoms with Crippen LogP contribution in [-0.4, -0.2) is 44.3 Å². The molecule has 1 atom stereocenters. The summed E-state index contributed by atoms with van der Waals surface area (Å²) in [5, 5.41) is 3.38. The molecule has 0 aliphatic heterocycles. The quantitative estimate of drug-likeness (QED) is 0.375. The molecule has 2 amide bonds. The van der Waals surface area contributed by atoms with Gasteiger partial charge in [0, 0.05) is 28.7 Å². The van der Waals surface area contributed by atoms with Crippen LogP contribution in [0.1, 0.15) is 25.0 Å². The van der Waals surface area contributed by atoms with Gasteiger partial charge < -0.3 is 10.2 Å². The zero-order valence-electron chi connectivity index (χ0n) is 20.8. The lowest BCUT2D eigenvalue weighted by molar-refractivity contribution is -0.139. The predicted octanol–water partition coefficient (Wildman–Crippen LogP) is 5.05. The van der Waals surface area contributed by atoms with Crippen LogP contribution in [0.3, 0.4) is 0 Å². The molecule has 0 radical (unpaired) electrons. The summed E-state index contributed by atoms with van der Waals surface area (Å²) in [5.74, 6) is -0.971. The third-order valence-corrected chi connectivity index (χ3v) is 8.34. The highest BCUT2D eigenvalue weighted by Crippen LogP contribution is 2.28. The monoisotopic (exact) mass is 561 g/mol. The SMILES string of the molecule is CCNC(=O)C(C)N(Cc1c(Cl)cccc1Cl)C(=O)CN(c1ccc(C)cc1)S(=O)(=O)c1ccccc1. The molecule has 0 heterocycles. The molecule has 0 aromatic heterocycles. The lowest BCUT2D eigenvalue weighted by Crippen LogP contribution is -2.51. The topological polar surface area (TPSA) is 86.8 Å². The molecule has 3 aromatic carbocycles. The Morgan fingerprint density at radius 2 is 1.51 bits per heavy atom. The van der Waals surface area contributed by atoms with Crippen molar-refractivity contribution in [3.8, 4) is 0 Å². The van der Waals surface area contributed by atoms with Gasteiger partial charge in [-0.25, -0.2) is 8.42 Å². The van der Waals surface area contributed by atoms with E-state index in [9.17, 15) is 18.0 Å². The minimum absolute atomic E-state index is 0.0425. The first-order valence-electron chi connectivity index (χ1n) is 11.7. The number of aryl methyl sites for hydroxylation is 1. The first-order valence-corrected chi connectivity index (χ1v) is 13.9. The van der Waals surface area contributed by atoms with Gasteiger partial charge in [0.2, 0.25) is 11.8 Å². The van der Waals surface area contributed by atoms with Crippen molar-refractivity contribution in [2.24, 2.45) is 0 Å². The van der Waals surface area contributed by atoms with Crippen LogP contribution in [0.15, 0.2) is 77.7 Å². The Hall–Kier alpha value is -3.07. The molecule has 0 bridgehead atoms. The highest BCUT2D eigenvalue weighted by atomic mass is 35.5. The number of benzene rings is 3. The molecule has 37 heavy (non-hydrogen) atoms. The van der Waals surface area contributed by atoms with Crippen LogP contribution in [0, 0.1) is 6.92 Å². The van der Waals surface area contributed by atoms with Crippen LogP contribution >= 0.6 is 23.2 Å². The van der Waals surface area contributed by atoms with Crippen molar-refractivity contribution < 1.29 is 18.0 Å². The second-order valence-corrected chi connectivity index (χ2v) is 11.1. The fourth-order valence-electron chi connectivity index (χ4n) is 3.72. The predicted molar refractivity (Wildman–Crippen MR) is 147 cm³/mol. The molecule has 1 unspecified atom stereocenters. The average Bonchev–Trinajstić information content (AvgIpc) is 2.88. The van der Waals surface area contributed by atoms with E-state index in [1.54, 1.807) is 74.5 Å². The molecule has 3 rings (SSSR count). The second kappa shape index (κ2) is 12.4. The van der Waals surface area contributed by atoms with E-state index in [1.807, 2.05) is 6.92 Å². The molecule has 10 heteroatoms. The van der Waals surface area contributed by atoms with Crippen molar-refractivity contribution in [1.82, 2.24) is 10.2 Å². The van der Waals surface area contributed by atoms with Gasteiger partial charge in [-0.15, -0.1) is 0 Å². The summed E-state index contributed by atoms with van der Waals surface area (Å²) < 4.78 is 28.4. The minimum atomic E-state index is -4.11. The van der Waals surface area contributed by atoms with Gasteiger partial charge in [-0.05, 0) is 57.2 Å². The summed E-state index contributed by atoms with van der Waals surface area (Å²) in [6, 6.07) is 18.8. The number of amides is 2. The van der Waals surface area contributed by atoms with Gasteiger partial charge in [-0.3, -0.25) is 13.9 Å². The molecule has 3 aromatic rings. The van der Waals surface area contributed by atoms with Crippen LogP contribution in [-0.2, 0) is 26.2 Å². The molecule has 0 spiro atoms. The zero-order valence-corrected chi connectivity index (χ0v) is 23.1. The highest BCUT2D eigenvalue weighted by molar-refractivity contribution is 7.92. The van der Waals surface area contributed by atoms with Gasteiger partial charge in [-0.2, -0.15) is 0 Å². The zero-order chi connectivity index (χ0) is 27.2. The van der Waals surface area contributed by atoms with Crippen LogP contribution in [0.2, 0.25) is 10.0 Å². The number of sulfonamides is 1. The van der Waals surface area contributed by atoms with E-state index in [1.165, 1.54) is 17.0 Å². The molecular formula is C27H29Cl2N3O4S. The van der Waals surface area contributed by atoms with Crippen LogP contribution in [0.5, 0.6) is 0 Å². The largest absolute Gasteiger partial charge is 0.355 e. The number of anilines is 1. The van der Waals surface area contributed by atoms with E-state index in [4.69, 9.17) is 23.2 Å². The fourth-order valence-corrected chi connectivity index (χ4v) is 5.67. The smallest absolute Gasteiger partial charge is 0.264 e. The van der Waals surface area contributed by atoms with E-state index in [0.29, 0.717) is 27.8 Å². The first-order chi connectivity index (χ1) is 17.6. The number of carbonyl (C=O) groups is 2. The third kappa shape index (κ3) is 6.83. The number of rotatable bonds is 10. The molecule has 196 valence electrons. The summed E-state index contributed by atoms with van der Waals surface area (Å²) >= 11 is 12.7. The second-order valence-electron chi connectivity index (χ2n) is 8.45. The molecule has 0 fully saturated rings. The Bertz CT molecular complexity index is 1330. The minimum Gasteiger partial charge on any atom is -0.355 e. The lowest BCUT2D eigenvalue weighted by Gasteiger charge is -2.32. The van der Waals surface area contributed by atoms with Gasteiger partial charge in [-0.1, -0.05) is 65.2 Å². The first kappa shape index (κ1) is 28.5. The van der Waals surface area contributed by atoms with Crippen molar-refractivity contribution in [3.05, 3.63) is 94.0 Å². The Morgan fingerprint density at radius 1 is 0.919 bits per heavy atom. The number of nitrogens with one attached hydrogen (secondary N) is 1. The fraction of sp³-hybridized carbons (Fsp3) is 0.259. The number of hydrogen-bond donors (Lipinski definition) is 1. The van der Waals surface area contributed by atoms with Gasteiger partial charge >= 0.3 is 0 Å². The number of halogens is 2. The third-order valence-electron chi connectivity index (χ3n) is 5.84. The maximum Gasteiger partial charge on any atom is 0.264 e. The van der Waals surface area contributed by atoms with Crippen molar-refractivity contribution in [3.63, 3.8) is 0 Å². The molecule has 1 N–H and O–H groups in total. The van der Waals surface area contributed by atoms with E-state index < -0.39 is 28.5 Å². The molecule has 0 aliphatic rings. The van der Waals surface area contributed by atoms with Crippen molar-refractivity contribution in [2.75, 3.05) is 17.4 Å². The van der Waals surface area contributed by atoms with Gasteiger partial charge in [0.1, 0.15) is 12.6 Å². The Kier molecular flexibility index (Phi) is 9.59. The molecule has 0 saturated heterocycles. The van der Waals surface area contributed by atoms with Gasteiger partial charge in [0.25, 0.3) is 10.0 Å². The van der Waals surface area contributed by atoms with E-state index in [-0.39, 0.29) is 17.3 Å². The normalized spacial score (nSPS) is 12.0. The number of carbonyl (C=O) groups excluding carboxylic acids is 2. The highest BCUT2D eigenvalue weighted by Gasteiger charge is 2.33. The molecule has 0 aliphatic carbocycles. The van der Waals surface area contributed by atoms with Crippen LogP contribution in [0.4, 0.5) is 5.69 Å². The lowest BCUT2D eigenvalue weighted by atomic mass is 10.1. The van der Waals surface area contributed by atoms with Crippen molar-refractivity contribution in [2.45, 2.75) is 38.3 Å². The molecular weight excluding hydrogens is 533 g/mol.